The zero-order valence-electron chi connectivity index (χ0n) is 10.0. The second-order valence-corrected chi connectivity index (χ2v) is 6.08. The van der Waals surface area contributed by atoms with Crippen LogP contribution < -0.4 is 5.32 Å². The Morgan fingerprint density at radius 1 is 1.27 bits per heavy atom. The maximum Gasteiger partial charge on any atom is 0.0122 e. The molecular weight excluding hydrogens is 204 g/mol. The molecule has 2 saturated heterocycles. The van der Waals surface area contributed by atoms with Crippen LogP contribution in [0.5, 0.6) is 0 Å². The fraction of sp³-hybridized carbons (Fsp3) is 1.00. The molecule has 2 unspecified atom stereocenters. The van der Waals surface area contributed by atoms with Crippen molar-refractivity contribution in [1.82, 2.24) is 10.2 Å². The Morgan fingerprint density at radius 2 is 1.93 bits per heavy atom. The highest BCUT2D eigenvalue weighted by Gasteiger charge is 2.34. The van der Waals surface area contributed by atoms with Crippen molar-refractivity contribution in [3.63, 3.8) is 0 Å². The minimum absolute atomic E-state index is 0.830. The predicted molar refractivity (Wildman–Crippen MR) is 68.6 cm³/mol. The van der Waals surface area contributed by atoms with E-state index in [-0.39, 0.29) is 0 Å². The molecule has 2 heterocycles. The zero-order valence-corrected chi connectivity index (χ0v) is 10.9. The van der Waals surface area contributed by atoms with Crippen molar-refractivity contribution in [2.75, 3.05) is 25.6 Å². The highest BCUT2D eigenvalue weighted by molar-refractivity contribution is 7.98. The second kappa shape index (κ2) is 5.55. The third-order valence-electron chi connectivity index (χ3n) is 3.93. The molecule has 2 rings (SSSR count). The quantitative estimate of drug-likeness (QED) is 0.724. The van der Waals surface area contributed by atoms with Crippen LogP contribution in [-0.4, -0.2) is 48.6 Å². The van der Waals surface area contributed by atoms with Crippen molar-refractivity contribution in [3.8, 4) is 0 Å². The number of piperidine rings is 1. The molecule has 0 aromatic heterocycles. The topological polar surface area (TPSA) is 15.3 Å². The van der Waals surface area contributed by atoms with Crippen molar-refractivity contribution < 1.29 is 0 Å². The van der Waals surface area contributed by atoms with Crippen molar-refractivity contribution in [1.29, 1.82) is 0 Å². The van der Waals surface area contributed by atoms with E-state index in [0.29, 0.717) is 0 Å². The van der Waals surface area contributed by atoms with Crippen LogP contribution in [0.15, 0.2) is 0 Å². The molecule has 0 saturated carbocycles. The summed E-state index contributed by atoms with van der Waals surface area (Å²) in [5.74, 6) is 1.31. The molecule has 1 N–H and O–H groups in total. The molecule has 2 bridgehead atoms. The average molecular weight is 228 g/mol. The Kier molecular flexibility index (Phi) is 4.35. The van der Waals surface area contributed by atoms with Crippen LogP contribution in [0.1, 0.15) is 32.1 Å². The summed E-state index contributed by atoms with van der Waals surface area (Å²) in [7, 11) is 2.32. The molecule has 88 valence electrons. The number of nitrogens with one attached hydrogen (secondary N) is 1. The minimum atomic E-state index is 0.830. The van der Waals surface area contributed by atoms with Crippen molar-refractivity contribution >= 4 is 11.8 Å². The molecule has 0 aromatic carbocycles. The minimum Gasteiger partial charge on any atom is -0.311 e. The summed E-state index contributed by atoms with van der Waals surface area (Å²) < 4.78 is 0. The van der Waals surface area contributed by atoms with Gasteiger partial charge in [0, 0.05) is 18.1 Å². The van der Waals surface area contributed by atoms with Gasteiger partial charge >= 0.3 is 0 Å². The molecule has 2 nitrogen and oxygen atoms in total. The highest BCUT2D eigenvalue weighted by Crippen LogP contribution is 2.29. The Hall–Kier alpha value is 0.270. The summed E-state index contributed by atoms with van der Waals surface area (Å²) in [4.78, 5) is 2.60. The Balaban J connectivity index is 1.73. The molecule has 3 heteroatoms. The smallest absolute Gasteiger partial charge is 0.0122 e. The van der Waals surface area contributed by atoms with Gasteiger partial charge in [0.2, 0.25) is 0 Å². The summed E-state index contributed by atoms with van der Waals surface area (Å²) in [6.45, 7) is 1.28. The lowest BCUT2D eigenvalue weighted by molar-refractivity contribution is 0.173. The van der Waals surface area contributed by atoms with Gasteiger partial charge in [0.1, 0.15) is 0 Å². The molecular formula is C12H24N2S. The monoisotopic (exact) mass is 228 g/mol. The molecule has 2 aliphatic rings. The summed E-state index contributed by atoms with van der Waals surface area (Å²) in [5, 5.41) is 3.71. The van der Waals surface area contributed by atoms with Gasteiger partial charge in [0.25, 0.3) is 0 Å². The summed E-state index contributed by atoms with van der Waals surface area (Å²) in [6.07, 6.45) is 9.14. The van der Waals surface area contributed by atoms with Crippen molar-refractivity contribution in [3.05, 3.63) is 0 Å². The third kappa shape index (κ3) is 3.11. The highest BCUT2D eigenvalue weighted by atomic mass is 32.2. The number of rotatable bonds is 5. The number of hydrogen-bond donors (Lipinski definition) is 1. The predicted octanol–water partition coefficient (Wildman–Crippen LogP) is 1.95. The number of fused-ring (bicyclic) bond motifs is 2. The van der Waals surface area contributed by atoms with E-state index < -0.39 is 0 Å². The molecule has 2 atom stereocenters. The maximum absolute atomic E-state index is 3.71. The first-order valence-corrected chi connectivity index (χ1v) is 7.64. The van der Waals surface area contributed by atoms with Crippen LogP contribution in [0.4, 0.5) is 0 Å². The lowest BCUT2D eigenvalue weighted by Crippen LogP contribution is -2.47. The Morgan fingerprint density at radius 3 is 2.53 bits per heavy atom. The van der Waals surface area contributed by atoms with Gasteiger partial charge in [-0.25, -0.2) is 0 Å². The zero-order chi connectivity index (χ0) is 10.7. The van der Waals surface area contributed by atoms with Crippen molar-refractivity contribution in [2.45, 2.75) is 50.2 Å². The van der Waals surface area contributed by atoms with Crippen LogP contribution in [0.3, 0.4) is 0 Å². The van der Waals surface area contributed by atoms with Gasteiger partial charge in [-0.2, -0.15) is 11.8 Å². The first-order valence-electron chi connectivity index (χ1n) is 6.25. The first-order chi connectivity index (χ1) is 7.29. The van der Waals surface area contributed by atoms with E-state index in [4.69, 9.17) is 0 Å². The molecule has 0 spiro atoms. The summed E-state index contributed by atoms with van der Waals surface area (Å²) in [6, 6.07) is 2.51. The van der Waals surface area contributed by atoms with E-state index in [1.54, 1.807) is 0 Å². The van der Waals surface area contributed by atoms with E-state index in [2.05, 4.69) is 23.5 Å². The molecule has 0 aliphatic carbocycles. The van der Waals surface area contributed by atoms with Crippen LogP contribution in [0.25, 0.3) is 0 Å². The summed E-state index contributed by atoms with van der Waals surface area (Å²) in [5.41, 5.74) is 0. The van der Waals surface area contributed by atoms with E-state index in [1.165, 1.54) is 44.4 Å². The van der Waals surface area contributed by atoms with Gasteiger partial charge in [-0.1, -0.05) is 0 Å². The number of hydrogen-bond acceptors (Lipinski definition) is 3. The maximum atomic E-state index is 3.71. The summed E-state index contributed by atoms with van der Waals surface area (Å²) >= 11 is 1.96. The van der Waals surface area contributed by atoms with Gasteiger partial charge < -0.3 is 10.2 Å². The molecule has 2 fully saturated rings. The van der Waals surface area contributed by atoms with Crippen molar-refractivity contribution in [2.24, 2.45) is 0 Å². The average Bonchev–Trinajstić information content (AvgIpc) is 2.58. The lowest BCUT2D eigenvalue weighted by Gasteiger charge is -2.35. The van der Waals surface area contributed by atoms with Crippen LogP contribution >= 0.6 is 11.8 Å². The van der Waals surface area contributed by atoms with E-state index in [1.807, 2.05) is 11.8 Å². The molecule has 0 aromatic rings. The van der Waals surface area contributed by atoms with Crippen LogP contribution in [0, 0.1) is 0 Å². The number of nitrogens with zero attached hydrogens (tertiary/aromatic N) is 1. The fourth-order valence-corrected chi connectivity index (χ4v) is 3.45. The number of thioether (sulfide) groups is 1. The van der Waals surface area contributed by atoms with Gasteiger partial charge in [0.05, 0.1) is 0 Å². The lowest BCUT2D eigenvalue weighted by atomic mass is 9.98. The second-order valence-electron chi connectivity index (χ2n) is 5.09. The first kappa shape index (κ1) is 11.7. The standard InChI is InChI=1S/C12H24N2S/c1-14(6-3-7-15-2)12-8-10-4-5-11(9-12)13-10/h10-13H,3-9H2,1-2H3. The Bertz CT molecular complexity index is 186. The van der Waals surface area contributed by atoms with Gasteiger partial charge in [0.15, 0.2) is 0 Å². The molecule has 2 aliphatic heterocycles. The fourth-order valence-electron chi connectivity index (χ4n) is 3.03. The third-order valence-corrected chi connectivity index (χ3v) is 4.63. The Labute approximate surface area is 98.2 Å². The molecule has 0 radical (unpaired) electrons. The van der Waals surface area contributed by atoms with Crippen LogP contribution in [-0.2, 0) is 0 Å². The largest absolute Gasteiger partial charge is 0.311 e. The molecule has 0 amide bonds. The van der Waals surface area contributed by atoms with E-state index in [0.717, 1.165) is 18.1 Å². The van der Waals surface area contributed by atoms with E-state index in [9.17, 15) is 0 Å². The van der Waals surface area contributed by atoms with Gasteiger partial charge in [-0.05, 0) is 57.7 Å². The van der Waals surface area contributed by atoms with E-state index >= 15 is 0 Å². The normalized spacial score (nSPS) is 35.0. The van der Waals surface area contributed by atoms with Gasteiger partial charge in [-0.3, -0.25) is 0 Å². The SMILES string of the molecule is CSCCCN(C)C1CC2CCC(C1)N2. The van der Waals surface area contributed by atoms with Crippen LogP contribution in [0.2, 0.25) is 0 Å². The molecule has 15 heavy (non-hydrogen) atoms. The van der Waals surface area contributed by atoms with Gasteiger partial charge in [-0.15, -0.1) is 0 Å².